The highest BCUT2D eigenvalue weighted by Gasteiger charge is 2.40. The lowest BCUT2D eigenvalue weighted by molar-refractivity contribution is -0.125. The standard InChI is InChI=1S/C19H22N4O3/c24-17-11-23(9-8-21-17)16-6-5-15(18(16)25)22-19(26)13-3-4-14-12(10-13)2-1-7-20-14/h1-4,7,10,15-16,18,25H,5-6,8-9,11H2,(H,21,24)(H,22,26)/t15-,16-,18-/m1/s1. The molecule has 7 nitrogen and oxygen atoms in total. The molecule has 1 saturated heterocycles. The maximum Gasteiger partial charge on any atom is 0.251 e. The second kappa shape index (κ2) is 7.01. The lowest BCUT2D eigenvalue weighted by Gasteiger charge is -2.34. The van der Waals surface area contributed by atoms with E-state index in [2.05, 4.69) is 15.6 Å². The van der Waals surface area contributed by atoms with E-state index in [1.165, 1.54) is 0 Å². The van der Waals surface area contributed by atoms with E-state index in [1.807, 2.05) is 29.2 Å². The SMILES string of the molecule is O=C1CN([C@@H]2CC[C@@H](NC(=O)c3ccc4ncccc4c3)[C@H]2O)CCN1. The van der Waals surface area contributed by atoms with Crippen LogP contribution in [0.4, 0.5) is 0 Å². The largest absolute Gasteiger partial charge is 0.389 e. The fraction of sp³-hybridized carbons (Fsp3) is 0.421. The van der Waals surface area contributed by atoms with Gasteiger partial charge in [0.1, 0.15) is 0 Å². The summed E-state index contributed by atoms with van der Waals surface area (Å²) in [5, 5.41) is 17.3. The van der Waals surface area contributed by atoms with E-state index in [9.17, 15) is 14.7 Å². The Kier molecular flexibility index (Phi) is 4.57. The number of benzene rings is 1. The topological polar surface area (TPSA) is 94.6 Å². The van der Waals surface area contributed by atoms with Crippen molar-refractivity contribution in [1.29, 1.82) is 0 Å². The van der Waals surface area contributed by atoms with E-state index in [-0.39, 0.29) is 23.9 Å². The number of carbonyl (C=O) groups excluding carboxylic acids is 2. The number of pyridine rings is 1. The Balaban J connectivity index is 1.43. The van der Waals surface area contributed by atoms with Crippen LogP contribution in [0.5, 0.6) is 0 Å². The Labute approximate surface area is 151 Å². The Hall–Kier alpha value is -2.51. The maximum atomic E-state index is 12.6. The van der Waals surface area contributed by atoms with E-state index in [0.29, 0.717) is 25.1 Å². The lowest BCUT2D eigenvalue weighted by Crippen LogP contribution is -2.55. The molecule has 136 valence electrons. The number of fused-ring (bicyclic) bond motifs is 1. The first-order chi connectivity index (χ1) is 12.6. The van der Waals surface area contributed by atoms with Gasteiger partial charge in [-0.1, -0.05) is 6.07 Å². The van der Waals surface area contributed by atoms with E-state index < -0.39 is 6.10 Å². The summed E-state index contributed by atoms with van der Waals surface area (Å²) in [7, 11) is 0. The molecule has 3 atom stereocenters. The number of amides is 2. The van der Waals surface area contributed by atoms with E-state index in [0.717, 1.165) is 23.9 Å². The van der Waals surface area contributed by atoms with Crippen LogP contribution in [0.15, 0.2) is 36.5 Å². The van der Waals surface area contributed by atoms with Crippen LogP contribution >= 0.6 is 0 Å². The van der Waals surface area contributed by atoms with Crippen LogP contribution in [0, 0.1) is 0 Å². The van der Waals surface area contributed by atoms with Gasteiger partial charge in [-0.2, -0.15) is 0 Å². The maximum absolute atomic E-state index is 12.6. The van der Waals surface area contributed by atoms with Gasteiger partial charge in [-0.05, 0) is 37.1 Å². The second-order valence-electron chi connectivity index (χ2n) is 6.95. The molecule has 2 aliphatic rings. The molecule has 1 aromatic heterocycles. The molecular weight excluding hydrogens is 332 g/mol. The summed E-state index contributed by atoms with van der Waals surface area (Å²) in [6.45, 7) is 1.63. The van der Waals surface area contributed by atoms with Gasteiger partial charge in [0.25, 0.3) is 5.91 Å². The molecule has 1 saturated carbocycles. The molecule has 1 aromatic carbocycles. The number of piperazine rings is 1. The third kappa shape index (κ3) is 3.27. The minimum atomic E-state index is -0.674. The van der Waals surface area contributed by atoms with E-state index in [1.54, 1.807) is 12.3 Å². The van der Waals surface area contributed by atoms with Crippen LogP contribution in [-0.2, 0) is 4.79 Å². The number of nitrogens with one attached hydrogen (secondary N) is 2. The minimum absolute atomic E-state index is 0.0132. The molecule has 0 spiro atoms. The predicted octanol–water partition coefficient (Wildman–Crippen LogP) is 0.288. The van der Waals surface area contributed by atoms with E-state index in [4.69, 9.17) is 0 Å². The smallest absolute Gasteiger partial charge is 0.251 e. The highest BCUT2D eigenvalue weighted by Crippen LogP contribution is 2.26. The third-order valence-corrected chi connectivity index (χ3v) is 5.30. The van der Waals surface area contributed by atoms with Gasteiger partial charge in [0.15, 0.2) is 0 Å². The highest BCUT2D eigenvalue weighted by atomic mass is 16.3. The third-order valence-electron chi connectivity index (χ3n) is 5.30. The van der Waals surface area contributed by atoms with Crippen molar-refractivity contribution in [2.24, 2.45) is 0 Å². The summed E-state index contributed by atoms with van der Waals surface area (Å²) in [6.07, 6.45) is 2.51. The molecule has 0 unspecified atom stereocenters. The average Bonchev–Trinajstić information content (AvgIpc) is 3.01. The van der Waals surface area contributed by atoms with Crippen LogP contribution in [0.25, 0.3) is 10.9 Å². The number of aromatic nitrogens is 1. The summed E-state index contributed by atoms with van der Waals surface area (Å²) in [5.74, 6) is -0.211. The van der Waals surface area contributed by atoms with Gasteiger partial charge in [-0.25, -0.2) is 0 Å². The zero-order chi connectivity index (χ0) is 18.1. The summed E-state index contributed by atoms with van der Waals surface area (Å²) < 4.78 is 0. The Morgan fingerprint density at radius 1 is 1.31 bits per heavy atom. The first-order valence-electron chi connectivity index (χ1n) is 8.96. The van der Waals surface area contributed by atoms with Crippen molar-refractivity contribution in [2.75, 3.05) is 19.6 Å². The highest BCUT2D eigenvalue weighted by molar-refractivity contribution is 5.98. The van der Waals surface area contributed by atoms with Crippen LogP contribution in [0.1, 0.15) is 23.2 Å². The normalized spacial score (nSPS) is 26.7. The lowest BCUT2D eigenvalue weighted by atomic mass is 10.1. The quantitative estimate of drug-likeness (QED) is 0.736. The van der Waals surface area contributed by atoms with Crippen molar-refractivity contribution in [3.8, 4) is 0 Å². The summed E-state index contributed by atoms with van der Waals surface area (Å²) in [6, 6.07) is 8.74. The number of nitrogens with zero attached hydrogens (tertiary/aromatic N) is 2. The summed E-state index contributed by atoms with van der Waals surface area (Å²) in [4.78, 5) is 30.4. The van der Waals surface area contributed by atoms with Gasteiger partial charge in [0.05, 0.1) is 24.2 Å². The Bertz CT molecular complexity index is 840. The van der Waals surface area contributed by atoms with Gasteiger partial charge in [0, 0.05) is 36.3 Å². The van der Waals surface area contributed by atoms with Gasteiger partial charge < -0.3 is 15.7 Å². The first kappa shape index (κ1) is 16.9. The molecule has 2 heterocycles. The zero-order valence-electron chi connectivity index (χ0n) is 14.4. The van der Waals surface area contributed by atoms with Gasteiger partial charge in [0.2, 0.25) is 5.91 Å². The fourth-order valence-electron chi connectivity index (χ4n) is 3.93. The Morgan fingerprint density at radius 3 is 3.04 bits per heavy atom. The van der Waals surface area contributed by atoms with Crippen LogP contribution in [-0.4, -0.2) is 64.6 Å². The minimum Gasteiger partial charge on any atom is -0.389 e. The van der Waals surface area contributed by atoms with Gasteiger partial charge in [-0.3, -0.25) is 19.5 Å². The molecule has 26 heavy (non-hydrogen) atoms. The predicted molar refractivity (Wildman–Crippen MR) is 96.6 cm³/mol. The summed E-state index contributed by atoms with van der Waals surface area (Å²) in [5.41, 5.74) is 1.40. The second-order valence-corrected chi connectivity index (χ2v) is 6.95. The molecule has 2 amide bonds. The Morgan fingerprint density at radius 2 is 2.19 bits per heavy atom. The molecule has 3 N–H and O–H groups in total. The molecule has 2 fully saturated rings. The van der Waals surface area contributed by atoms with Gasteiger partial charge >= 0.3 is 0 Å². The monoisotopic (exact) mass is 354 g/mol. The van der Waals surface area contributed by atoms with Crippen molar-refractivity contribution in [3.05, 3.63) is 42.1 Å². The average molecular weight is 354 g/mol. The zero-order valence-corrected chi connectivity index (χ0v) is 14.4. The molecular formula is C19H22N4O3. The van der Waals surface area contributed by atoms with Gasteiger partial charge in [-0.15, -0.1) is 0 Å². The molecule has 0 bridgehead atoms. The van der Waals surface area contributed by atoms with E-state index >= 15 is 0 Å². The number of rotatable bonds is 3. The number of aliphatic hydroxyl groups excluding tert-OH is 1. The molecule has 2 aromatic rings. The van der Waals surface area contributed by atoms with Crippen molar-refractivity contribution in [3.63, 3.8) is 0 Å². The molecule has 7 heteroatoms. The number of carbonyl (C=O) groups is 2. The number of hydrogen-bond acceptors (Lipinski definition) is 5. The summed E-state index contributed by atoms with van der Waals surface area (Å²) >= 11 is 0. The van der Waals surface area contributed by atoms with Crippen molar-refractivity contribution in [2.45, 2.75) is 31.0 Å². The van der Waals surface area contributed by atoms with Crippen molar-refractivity contribution in [1.82, 2.24) is 20.5 Å². The molecule has 1 aliphatic heterocycles. The first-order valence-corrected chi connectivity index (χ1v) is 8.96. The van der Waals surface area contributed by atoms with Crippen molar-refractivity contribution < 1.29 is 14.7 Å². The molecule has 0 radical (unpaired) electrons. The fourth-order valence-corrected chi connectivity index (χ4v) is 3.93. The molecule has 1 aliphatic carbocycles. The van der Waals surface area contributed by atoms with Crippen LogP contribution in [0.2, 0.25) is 0 Å². The molecule has 4 rings (SSSR count). The van der Waals surface area contributed by atoms with Crippen molar-refractivity contribution >= 4 is 22.7 Å². The van der Waals surface area contributed by atoms with Crippen LogP contribution < -0.4 is 10.6 Å². The number of hydrogen-bond donors (Lipinski definition) is 3. The number of aliphatic hydroxyl groups is 1. The van der Waals surface area contributed by atoms with Crippen LogP contribution in [0.3, 0.4) is 0 Å².